The Morgan fingerprint density at radius 1 is 1.30 bits per heavy atom. The summed E-state index contributed by atoms with van der Waals surface area (Å²) in [6, 6.07) is -0.436. The van der Waals surface area contributed by atoms with Crippen LogP contribution in [-0.4, -0.2) is 59.7 Å². The molecule has 0 bridgehead atoms. The summed E-state index contributed by atoms with van der Waals surface area (Å²) in [6.07, 6.45) is 3.71. The molecule has 2 rings (SSSR count). The van der Waals surface area contributed by atoms with Crippen LogP contribution >= 0.6 is 0 Å². The number of carbonyl (C=O) groups excluding carboxylic acids is 2. The number of aliphatic imine (C=N–C) groups is 2. The lowest BCUT2D eigenvalue weighted by Crippen LogP contribution is -2.71. The van der Waals surface area contributed by atoms with E-state index in [0.717, 1.165) is 4.90 Å². The van der Waals surface area contributed by atoms with E-state index in [1.807, 2.05) is 0 Å². The van der Waals surface area contributed by atoms with Crippen LogP contribution in [0.1, 0.15) is 6.42 Å². The standard InChI is InChI=1S/C13H17N5O2/c1-5-7-9-15-10-11(19)17(3)12(20)18(4)13(10,16-9)14-8-6-2/h5-6,14H,1-2,7-8H2,3-4H3. The Morgan fingerprint density at radius 2 is 2.00 bits per heavy atom. The molecule has 0 aliphatic carbocycles. The largest absolute Gasteiger partial charge is 0.329 e. The monoisotopic (exact) mass is 275 g/mol. The molecule has 0 aromatic carbocycles. The summed E-state index contributed by atoms with van der Waals surface area (Å²) < 4.78 is 0. The van der Waals surface area contributed by atoms with Crippen molar-refractivity contribution < 1.29 is 9.59 Å². The molecule has 1 fully saturated rings. The van der Waals surface area contributed by atoms with Gasteiger partial charge in [-0.3, -0.25) is 19.9 Å². The molecule has 1 N–H and O–H groups in total. The minimum absolute atomic E-state index is 0.195. The van der Waals surface area contributed by atoms with Crippen LogP contribution in [-0.2, 0) is 4.79 Å². The molecule has 3 amide bonds. The summed E-state index contributed by atoms with van der Waals surface area (Å²) in [5.74, 6) is -1.23. The molecule has 0 spiro atoms. The zero-order valence-corrected chi connectivity index (χ0v) is 11.6. The number of carbonyl (C=O) groups is 2. The highest BCUT2D eigenvalue weighted by Crippen LogP contribution is 2.28. The SMILES string of the molecule is C=CCNC12N=C(CC=C)N=C1C(=O)N(C)C(=O)N2C. The van der Waals surface area contributed by atoms with Gasteiger partial charge in [-0.1, -0.05) is 12.2 Å². The second kappa shape index (κ2) is 5.01. The number of fused-ring (bicyclic) bond motifs is 1. The maximum absolute atomic E-state index is 12.3. The van der Waals surface area contributed by atoms with Crippen molar-refractivity contribution in [2.24, 2.45) is 9.98 Å². The third kappa shape index (κ3) is 1.87. The molecular weight excluding hydrogens is 258 g/mol. The van der Waals surface area contributed by atoms with Crippen molar-refractivity contribution in [3.05, 3.63) is 25.3 Å². The van der Waals surface area contributed by atoms with E-state index in [-0.39, 0.29) is 5.71 Å². The van der Waals surface area contributed by atoms with Gasteiger partial charge in [0.1, 0.15) is 5.84 Å². The first kappa shape index (κ1) is 14.1. The van der Waals surface area contributed by atoms with E-state index in [1.54, 1.807) is 19.2 Å². The Labute approximate surface area is 117 Å². The van der Waals surface area contributed by atoms with Gasteiger partial charge in [0.25, 0.3) is 5.91 Å². The van der Waals surface area contributed by atoms with E-state index < -0.39 is 17.7 Å². The van der Waals surface area contributed by atoms with Crippen LogP contribution in [0, 0.1) is 0 Å². The number of nitrogens with zero attached hydrogens (tertiary/aromatic N) is 4. The van der Waals surface area contributed by atoms with Gasteiger partial charge in [-0.2, -0.15) is 0 Å². The molecule has 1 saturated heterocycles. The van der Waals surface area contributed by atoms with Crippen LogP contribution in [0.5, 0.6) is 0 Å². The first-order valence-electron chi connectivity index (χ1n) is 6.18. The fourth-order valence-corrected chi connectivity index (χ4v) is 2.19. The van der Waals surface area contributed by atoms with Crippen molar-refractivity contribution in [1.82, 2.24) is 15.1 Å². The molecule has 2 aliphatic heterocycles. The molecule has 0 aromatic rings. The molecule has 0 aromatic heterocycles. The fourth-order valence-electron chi connectivity index (χ4n) is 2.19. The summed E-state index contributed by atoms with van der Waals surface area (Å²) in [5.41, 5.74) is 0.195. The molecule has 7 heteroatoms. The van der Waals surface area contributed by atoms with Crippen molar-refractivity contribution in [3.8, 4) is 0 Å². The smallest absolute Gasteiger partial charge is 0.284 e. The maximum Gasteiger partial charge on any atom is 0.329 e. The van der Waals surface area contributed by atoms with Crippen LogP contribution in [0.25, 0.3) is 0 Å². The number of amidine groups is 1. The van der Waals surface area contributed by atoms with E-state index >= 15 is 0 Å². The average Bonchev–Trinajstić information content (AvgIpc) is 2.81. The first-order valence-corrected chi connectivity index (χ1v) is 6.18. The third-order valence-electron chi connectivity index (χ3n) is 3.25. The highest BCUT2D eigenvalue weighted by molar-refractivity contribution is 6.48. The van der Waals surface area contributed by atoms with Crippen LogP contribution in [0.2, 0.25) is 0 Å². The second-order valence-corrected chi connectivity index (χ2v) is 4.53. The summed E-state index contributed by atoms with van der Waals surface area (Å²) in [7, 11) is 3.00. The Kier molecular flexibility index (Phi) is 3.54. The van der Waals surface area contributed by atoms with Gasteiger partial charge in [-0.15, -0.1) is 13.2 Å². The minimum Gasteiger partial charge on any atom is -0.284 e. The Bertz CT molecular complexity index is 551. The van der Waals surface area contributed by atoms with Crippen molar-refractivity contribution in [1.29, 1.82) is 0 Å². The van der Waals surface area contributed by atoms with E-state index in [2.05, 4.69) is 28.5 Å². The van der Waals surface area contributed by atoms with Crippen molar-refractivity contribution in [3.63, 3.8) is 0 Å². The van der Waals surface area contributed by atoms with Crippen molar-refractivity contribution in [2.45, 2.75) is 12.2 Å². The number of imide groups is 1. The topological polar surface area (TPSA) is 77.4 Å². The van der Waals surface area contributed by atoms with Crippen LogP contribution in [0.15, 0.2) is 35.3 Å². The quantitative estimate of drug-likeness (QED) is 0.736. The number of urea groups is 1. The molecular formula is C13H17N5O2. The van der Waals surface area contributed by atoms with Gasteiger partial charge in [0.05, 0.1) is 0 Å². The highest BCUT2D eigenvalue weighted by Gasteiger charge is 2.54. The fraction of sp³-hybridized carbons (Fsp3) is 0.385. The van der Waals surface area contributed by atoms with Crippen molar-refractivity contribution >= 4 is 23.5 Å². The lowest BCUT2D eigenvalue weighted by molar-refractivity contribution is -0.123. The number of nitrogens with one attached hydrogen (secondary N) is 1. The summed E-state index contributed by atoms with van der Waals surface area (Å²) in [6.45, 7) is 7.64. The van der Waals surface area contributed by atoms with Gasteiger partial charge < -0.3 is 0 Å². The van der Waals surface area contributed by atoms with Crippen molar-refractivity contribution in [2.75, 3.05) is 20.6 Å². The number of rotatable bonds is 5. The molecule has 1 atom stereocenters. The Balaban J connectivity index is 2.51. The second-order valence-electron chi connectivity index (χ2n) is 4.53. The van der Waals surface area contributed by atoms with E-state index in [1.165, 1.54) is 11.9 Å². The lowest BCUT2D eigenvalue weighted by atomic mass is 10.1. The average molecular weight is 275 g/mol. The maximum atomic E-state index is 12.3. The van der Waals surface area contributed by atoms with Gasteiger partial charge in [0.15, 0.2) is 5.71 Å². The molecule has 0 radical (unpaired) electrons. The summed E-state index contributed by atoms with van der Waals surface area (Å²) >= 11 is 0. The van der Waals surface area contributed by atoms with Crippen LogP contribution in [0.3, 0.4) is 0 Å². The predicted octanol–water partition coefficient (Wildman–Crippen LogP) is 0.369. The third-order valence-corrected chi connectivity index (χ3v) is 3.25. The van der Waals surface area contributed by atoms with Crippen LogP contribution < -0.4 is 5.32 Å². The Hall–Kier alpha value is -2.28. The molecule has 2 heterocycles. The lowest BCUT2D eigenvalue weighted by Gasteiger charge is -2.42. The summed E-state index contributed by atoms with van der Waals surface area (Å²) in [4.78, 5) is 35.5. The molecule has 1 unspecified atom stereocenters. The van der Waals surface area contributed by atoms with Gasteiger partial charge in [0, 0.05) is 27.1 Å². The van der Waals surface area contributed by atoms with Gasteiger partial charge in [0.2, 0.25) is 5.79 Å². The predicted molar refractivity (Wildman–Crippen MR) is 76.5 cm³/mol. The Morgan fingerprint density at radius 3 is 2.60 bits per heavy atom. The first-order chi connectivity index (χ1) is 9.47. The van der Waals surface area contributed by atoms with E-state index in [9.17, 15) is 9.59 Å². The van der Waals surface area contributed by atoms with Crippen LogP contribution in [0.4, 0.5) is 4.79 Å². The normalized spacial score (nSPS) is 25.3. The molecule has 20 heavy (non-hydrogen) atoms. The molecule has 7 nitrogen and oxygen atoms in total. The van der Waals surface area contributed by atoms with E-state index in [0.29, 0.717) is 18.8 Å². The van der Waals surface area contributed by atoms with E-state index in [4.69, 9.17) is 0 Å². The number of amides is 3. The molecule has 0 saturated carbocycles. The molecule has 106 valence electrons. The zero-order valence-electron chi connectivity index (χ0n) is 11.6. The minimum atomic E-state index is -1.24. The zero-order chi connectivity index (χ0) is 14.9. The highest BCUT2D eigenvalue weighted by atomic mass is 16.2. The van der Waals surface area contributed by atoms with Gasteiger partial charge in [-0.25, -0.2) is 14.8 Å². The van der Waals surface area contributed by atoms with Gasteiger partial charge >= 0.3 is 6.03 Å². The number of hydrogen-bond donors (Lipinski definition) is 1. The molecule has 2 aliphatic rings. The number of hydrogen-bond acceptors (Lipinski definition) is 5. The summed E-state index contributed by atoms with van der Waals surface area (Å²) in [5, 5.41) is 3.05. The van der Waals surface area contributed by atoms with Gasteiger partial charge in [-0.05, 0) is 0 Å².